The van der Waals surface area contributed by atoms with E-state index in [-0.39, 0.29) is 0 Å². The number of fused-ring (bicyclic) bond motifs is 1. The van der Waals surface area contributed by atoms with Crippen LogP contribution in [0.5, 0.6) is 0 Å². The third kappa shape index (κ3) is 3.51. The Morgan fingerprint density at radius 1 is 1.25 bits per heavy atom. The molecule has 0 aliphatic heterocycles. The Kier molecular flexibility index (Phi) is 3.92. The highest BCUT2D eigenvalue weighted by atomic mass is 16.6. The summed E-state index contributed by atoms with van der Waals surface area (Å²) in [5, 5.41) is 8.17. The highest BCUT2D eigenvalue weighted by Crippen LogP contribution is 2.22. The fourth-order valence-electron chi connectivity index (χ4n) is 2.24. The number of aromatic nitrogens is 4. The van der Waals surface area contributed by atoms with E-state index in [9.17, 15) is 4.79 Å². The molecular weight excluding hydrogens is 306 g/mol. The molecule has 0 atom stereocenters. The molecule has 2 aromatic heterocycles. The first-order chi connectivity index (χ1) is 11.3. The zero-order chi connectivity index (χ0) is 17.3. The number of benzene rings is 1. The van der Waals surface area contributed by atoms with Crippen LogP contribution >= 0.6 is 0 Å². The van der Waals surface area contributed by atoms with Gasteiger partial charge in [-0.15, -0.1) is 0 Å². The SMILES string of the molecule is Cc1nccc(Nc2ccc3c(cnn3C(=O)OC(C)(C)C)c2)n1. The molecule has 0 bridgehead atoms. The largest absolute Gasteiger partial charge is 0.442 e. The summed E-state index contributed by atoms with van der Waals surface area (Å²) in [5.74, 6) is 1.40. The van der Waals surface area contributed by atoms with Gasteiger partial charge < -0.3 is 10.1 Å². The summed E-state index contributed by atoms with van der Waals surface area (Å²) in [5.41, 5.74) is 0.972. The molecule has 0 unspecified atom stereocenters. The van der Waals surface area contributed by atoms with Crippen LogP contribution in [-0.4, -0.2) is 31.4 Å². The van der Waals surface area contributed by atoms with Crippen molar-refractivity contribution in [1.82, 2.24) is 19.7 Å². The summed E-state index contributed by atoms with van der Waals surface area (Å²) in [7, 11) is 0. The molecule has 0 saturated carbocycles. The van der Waals surface area contributed by atoms with E-state index in [1.54, 1.807) is 18.5 Å². The number of hydrogen-bond acceptors (Lipinski definition) is 6. The predicted molar refractivity (Wildman–Crippen MR) is 91.4 cm³/mol. The molecule has 3 aromatic rings. The van der Waals surface area contributed by atoms with Crippen molar-refractivity contribution in [1.29, 1.82) is 0 Å². The van der Waals surface area contributed by atoms with E-state index in [2.05, 4.69) is 20.4 Å². The molecule has 1 aromatic carbocycles. The number of rotatable bonds is 2. The van der Waals surface area contributed by atoms with Gasteiger partial charge in [-0.1, -0.05) is 0 Å². The Hall–Kier alpha value is -2.96. The van der Waals surface area contributed by atoms with Crippen LogP contribution in [0.3, 0.4) is 0 Å². The molecule has 0 saturated heterocycles. The van der Waals surface area contributed by atoms with Gasteiger partial charge in [0.15, 0.2) is 0 Å². The Labute approximate surface area is 139 Å². The molecule has 0 spiro atoms. The minimum atomic E-state index is -0.568. The van der Waals surface area contributed by atoms with Crippen molar-refractivity contribution in [2.24, 2.45) is 0 Å². The average Bonchev–Trinajstić information content (AvgIpc) is 2.88. The monoisotopic (exact) mass is 325 g/mol. The van der Waals surface area contributed by atoms with E-state index in [0.717, 1.165) is 11.1 Å². The topological polar surface area (TPSA) is 81.9 Å². The van der Waals surface area contributed by atoms with Crippen molar-refractivity contribution in [3.8, 4) is 0 Å². The van der Waals surface area contributed by atoms with Gasteiger partial charge in [-0.2, -0.15) is 9.78 Å². The number of ether oxygens (including phenoxy) is 1. The summed E-state index contributed by atoms with van der Waals surface area (Å²) in [6.07, 6.45) is 2.84. The number of carbonyl (C=O) groups excluding carboxylic acids is 1. The summed E-state index contributed by atoms with van der Waals surface area (Å²) < 4.78 is 6.62. The van der Waals surface area contributed by atoms with Gasteiger partial charge >= 0.3 is 6.09 Å². The first kappa shape index (κ1) is 15.9. The normalized spacial score (nSPS) is 11.5. The van der Waals surface area contributed by atoms with E-state index in [1.165, 1.54) is 4.68 Å². The number of aryl methyl sites for hydroxylation is 1. The number of nitrogens with zero attached hydrogens (tertiary/aromatic N) is 4. The summed E-state index contributed by atoms with van der Waals surface area (Å²) in [6.45, 7) is 7.30. The highest BCUT2D eigenvalue weighted by molar-refractivity contribution is 5.90. The van der Waals surface area contributed by atoms with Gasteiger partial charge in [-0.05, 0) is 52.0 Å². The van der Waals surface area contributed by atoms with Crippen molar-refractivity contribution in [2.45, 2.75) is 33.3 Å². The lowest BCUT2D eigenvalue weighted by molar-refractivity contribution is 0.0523. The lowest BCUT2D eigenvalue weighted by atomic mass is 10.2. The molecule has 0 aliphatic rings. The molecule has 7 heteroatoms. The molecule has 0 amide bonds. The second kappa shape index (κ2) is 5.92. The molecule has 24 heavy (non-hydrogen) atoms. The molecular formula is C17H19N5O2. The van der Waals surface area contributed by atoms with Gasteiger partial charge in [0.25, 0.3) is 0 Å². The van der Waals surface area contributed by atoms with E-state index >= 15 is 0 Å². The van der Waals surface area contributed by atoms with Crippen molar-refractivity contribution in [2.75, 3.05) is 5.32 Å². The zero-order valence-corrected chi connectivity index (χ0v) is 14.1. The van der Waals surface area contributed by atoms with E-state index in [0.29, 0.717) is 17.2 Å². The molecule has 7 nitrogen and oxygen atoms in total. The van der Waals surface area contributed by atoms with Gasteiger partial charge in [0, 0.05) is 17.3 Å². The fraction of sp³-hybridized carbons (Fsp3) is 0.294. The first-order valence-electron chi connectivity index (χ1n) is 7.60. The Morgan fingerprint density at radius 2 is 2.04 bits per heavy atom. The quantitative estimate of drug-likeness (QED) is 0.774. The van der Waals surface area contributed by atoms with Crippen molar-refractivity contribution >= 4 is 28.5 Å². The van der Waals surface area contributed by atoms with Gasteiger partial charge in [0.2, 0.25) is 0 Å². The van der Waals surface area contributed by atoms with Crippen LogP contribution < -0.4 is 5.32 Å². The second-order valence-corrected chi connectivity index (χ2v) is 6.42. The molecule has 1 N–H and O–H groups in total. The maximum atomic E-state index is 12.2. The summed E-state index contributed by atoms with van der Waals surface area (Å²) in [4.78, 5) is 20.6. The van der Waals surface area contributed by atoms with Gasteiger partial charge in [-0.25, -0.2) is 14.8 Å². The lowest BCUT2D eigenvalue weighted by Gasteiger charge is -2.19. The Balaban J connectivity index is 1.87. The number of anilines is 2. The zero-order valence-electron chi connectivity index (χ0n) is 14.1. The highest BCUT2D eigenvalue weighted by Gasteiger charge is 2.20. The maximum Gasteiger partial charge on any atom is 0.435 e. The molecule has 0 aliphatic carbocycles. The lowest BCUT2D eigenvalue weighted by Crippen LogP contribution is -2.27. The smallest absolute Gasteiger partial charge is 0.435 e. The van der Waals surface area contributed by atoms with Gasteiger partial charge in [0.1, 0.15) is 17.2 Å². The number of carbonyl (C=O) groups is 1. The average molecular weight is 325 g/mol. The van der Waals surface area contributed by atoms with E-state index < -0.39 is 11.7 Å². The van der Waals surface area contributed by atoms with Gasteiger partial charge in [-0.3, -0.25) is 0 Å². The van der Waals surface area contributed by atoms with Crippen LogP contribution in [0.15, 0.2) is 36.7 Å². The summed E-state index contributed by atoms with van der Waals surface area (Å²) >= 11 is 0. The third-order valence-electron chi connectivity index (χ3n) is 3.18. The Morgan fingerprint density at radius 3 is 2.75 bits per heavy atom. The third-order valence-corrected chi connectivity index (χ3v) is 3.18. The van der Waals surface area contributed by atoms with Crippen LogP contribution in [0.2, 0.25) is 0 Å². The van der Waals surface area contributed by atoms with Crippen molar-refractivity contribution < 1.29 is 9.53 Å². The van der Waals surface area contributed by atoms with Crippen molar-refractivity contribution in [3.63, 3.8) is 0 Å². The first-order valence-corrected chi connectivity index (χ1v) is 7.60. The van der Waals surface area contributed by atoms with E-state index in [4.69, 9.17) is 4.74 Å². The molecule has 0 radical (unpaired) electrons. The molecule has 124 valence electrons. The fourth-order valence-corrected chi connectivity index (χ4v) is 2.24. The molecule has 0 fully saturated rings. The number of hydrogen-bond donors (Lipinski definition) is 1. The molecule has 3 rings (SSSR count). The predicted octanol–water partition coefficient (Wildman–Crippen LogP) is 3.66. The van der Waals surface area contributed by atoms with Crippen molar-refractivity contribution in [3.05, 3.63) is 42.5 Å². The van der Waals surface area contributed by atoms with Crippen LogP contribution in [0.1, 0.15) is 26.6 Å². The minimum absolute atomic E-state index is 0.496. The standard InChI is InChI=1S/C17H19N5O2/c1-11-18-8-7-15(20-11)21-13-5-6-14-12(9-13)10-19-22(14)16(23)24-17(2,3)4/h5-10H,1-4H3,(H,18,20,21). The molecule has 2 heterocycles. The second-order valence-electron chi connectivity index (χ2n) is 6.42. The van der Waals surface area contributed by atoms with Gasteiger partial charge in [0.05, 0.1) is 11.7 Å². The number of nitrogens with one attached hydrogen (secondary N) is 1. The maximum absolute atomic E-state index is 12.2. The Bertz CT molecular complexity index is 895. The van der Waals surface area contributed by atoms with Crippen LogP contribution in [-0.2, 0) is 4.74 Å². The van der Waals surface area contributed by atoms with Crippen LogP contribution in [0.4, 0.5) is 16.3 Å². The van der Waals surface area contributed by atoms with Crippen LogP contribution in [0, 0.1) is 6.92 Å². The van der Waals surface area contributed by atoms with Crippen LogP contribution in [0.25, 0.3) is 10.9 Å². The summed E-state index contributed by atoms with van der Waals surface area (Å²) in [6, 6.07) is 7.38. The minimum Gasteiger partial charge on any atom is -0.442 e. The van der Waals surface area contributed by atoms with E-state index in [1.807, 2.05) is 45.9 Å².